The van der Waals surface area contributed by atoms with Crippen LogP contribution in [0.2, 0.25) is 5.02 Å². The van der Waals surface area contributed by atoms with Crippen LogP contribution in [0.4, 0.5) is 0 Å². The van der Waals surface area contributed by atoms with Gasteiger partial charge in [0.25, 0.3) is 0 Å². The van der Waals surface area contributed by atoms with Gasteiger partial charge in [-0.05, 0) is 36.7 Å². The lowest BCUT2D eigenvalue weighted by Gasteiger charge is -2.19. The molecule has 1 unspecified atom stereocenters. The Hall–Kier alpha value is -1.31. The molecule has 0 radical (unpaired) electrons. The fourth-order valence-electron chi connectivity index (χ4n) is 2.14. The van der Waals surface area contributed by atoms with Crippen LogP contribution in [0.1, 0.15) is 29.7 Å². The number of benzene rings is 2. The van der Waals surface area contributed by atoms with Gasteiger partial charge in [-0.1, -0.05) is 60.5 Å². The zero-order chi connectivity index (χ0) is 13.0. The second-order valence-electron chi connectivity index (χ2n) is 4.46. The van der Waals surface area contributed by atoms with Gasteiger partial charge in [0, 0.05) is 5.02 Å². The summed E-state index contributed by atoms with van der Waals surface area (Å²) in [5.41, 5.74) is 3.82. The number of hydrogen-bond acceptors (Lipinski definition) is 1. The highest BCUT2D eigenvalue weighted by Crippen LogP contribution is 2.24. The first-order chi connectivity index (χ1) is 8.70. The second-order valence-corrected chi connectivity index (χ2v) is 4.89. The molecule has 0 fully saturated rings. The fourth-order valence-corrected chi connectivity index (χ4v) is 2.26. The second kappa shape index (κ2) is 6.03. The van der Waals surface area contributed by atoms with Gasteiger partial charge in [-0.3, -0.25) is 0 Å². The molecule has 0 aliphatic heterocycles. The van der Waals surface area contributed by atoms with Crippen LogP contribution in [-0.4, -0.2) is 6.54 Å². The Labute approximate surface area is 114 Å². The predicted octanol–water partition coefficient (Wildman–Crippen LogP) is 4.35. The largest absolute Gasteiger partial charge is 0.307 e. The number of aryl methyl sites for hydroxylation is 1. The average molecular weight is 260 g/mol. The summed E-state index contributed by atoms with van der Waals surface area (Å²) in [6, 6.07) is 16.9. The van der Waals surface area contributed by atoms with Crippen LogP contribution in [0, 0.1) is 6.92 Å². The van der Waals surface area contributed by atoms with E-state index in [0.717, 1.165) is 11.6 Å². The van der Waals surface area contributed by atoms with E-state index in [1.807, 2.05) is 12.1 Å². The summed E-state index contributed by atoms with van der Waals surface area (Å²) in [7, 11) is 0. The lowest BCUT2D eigenvalue weighted by molar-refractivity contribution is 0.630. The van der Waals surface area contributed by atoms with Crippen molar-refractivity contribution in [3.8, 4) is 0 Å². The van der Waals surface area contributed by atoms with Gasteiger partial charge in [0.1, 0.15) is 0 Å². The van der Waals surface area contributed by atoms with Gasteiger partial charge in [-0.15, -0.1) is 0 Å². The molecule has 2 heteroatoms. The normalized spacial score (nSPS) is 12.4. The lowest BCUT2D eigenvalue weighted by Crippen LogP contribution is -2.21. The minimum atomic E-state index is 0.229. The zero-order valence-electron chi connectivity index (χ0n) is 10.8. The van der Waals surface area contributed by atoms with Gasteiger partial charge in [0.05, 0.1) is 6.04 Å². The van der Waals surface area contributed by atoms with Gasteiger partial charge in [-0.25, -0.2) is 0 Å². The Kier molecular flexibility index (Phi) is 4.40. The van der Waals surface area contributed by atoms with Crippen molar-refractivity contribution < 1.29 is 0 Å². The molecule has 18 heavy (non-hydrogen) atoms. The SMILES string of the molecule is CCNC(c1ccc(Cl)cc1)c1cccc(C)c1. The zero-order valence-corrected chi connectivity index (χ0v) is 11.5. The minimum Gasteiger partial charge on any atom is -0.307 e. The lowest BCUT2D eigenvalue weighted by atomic mass is 9.97. The molecular formula is C16H18ClN. The maximum Gasteiger partial charge on any atom is 0.0576 e. The van der Waals surface area contributed by atoms with E-state index in [2.05, 4.69) is 55.6 Å². The first kappa shape index (κ1) is 13.1. The average Bonchev–Trinajstić information content (AvgIpc) is 2.37. The Balaban J connectivity index is 2.36. The van der Waals surface area contributed by atoms with Gasteiger partial charge < -0.3 is 5.32 Å². The van der Waals surface area contributed by atoms with E-state index in [1.165, 1.54) is 16.7 Å². The molecule has 1 nitrogen and oxygen atoms in total. The summed E-state index contributed by atoms with van der Waals surface area (Å²) in [5, 5.41) is 4.29. The summed E-state index contributed by atoms with van der Waals surface area (Å²) in [6.45, 7) is 5.17. The molecule has 0 spiro atoms. The number of hydrogen-bond donors (Lipinski definition) is 1. The quantitative estimate of drug-likeness (QED) is 0.861. The standard InChI is InChI=1S/C16H18ClN/c1-3-18-16(13-7-9-15(17)10-8-13)14-6-4-5-12(2)11-14/h4-11,16,18H,3H2,1-2H3. The van der Waals surface area contributed by atoms with Crippen molar-refractivity contribution in [2.24, 2.45) is 0 Å². The summed E-state index contributed by atoms with van der Waals surface area (Å²) in [6.07, 6.45) is 0. The summed E-state index contributed by atoms with van der Waals surface area (Å²) < 4.78 is 0. The number of nitrogens with one attached hydrogen (secondary N) is 1. The van der Waals surface area contributed by atoms with Crippen LogP contribution >= 0.6 is 11.6 Å². The van der Waals surface area contributed by atoms with Crippen molar-refractivity contribution in [2.45, 2.75) is 19.9 Å². The van der Waals surface area contributed by atoms with Gasteiger partial charge >= 0.3 is 0 Å². The molecule has 1 N–H and O–H groups in total. The molecule has 0 saturated carbocycles. The van der Waals surface area contributed by atoms with E-state index in [-0.39, 0.29) is 6.04 Å². The smallest absolute Gasteiger partial charge is 0.0576 e. The molecule has 2 aromatic carbocycles. The summed E-state index contributed by atoms with van der Waals surface area (Å²) in [5.74, 6) is 0. The molecule has 2 aromatic rings. The van der Waals surface area contributed by atoms with Crippen LogP contribution in [0.15, 0.2) is 48.5 Å². The molecule has 0 heterocycles. The monoisotopic (exact) mass is 259 g/mol. The van der Waals surface area contributed by atoms with E-state index in [1.54, 1.807) is 0 Å². The fraction of sp³-hybridized carbons (Fsp3) is 0.250. The van der Waals surface area contributed by atoms with Crippen LogP contribution in [0.3, 0.4) is 0 Å². The number of rotatable bonds is 4. The van der Waals surface area contributed by atoms with Gasteiger partial charge in [-0.2, -0.15) is 0 Å². The number of halogens is 1. The van der Waals surface area contributed by atoms with E-state index >= 15 is 0 Å². The van der Waals surface area contributed by atoms with E-state index < -0.39 is 0 Å². The van der Waals surface area contributed by atoms with E-state index in [0.29, 0.717) is 0 Å². The third-order valence-corrected chi connectivity index (χ3v) is 3.24. The molecule has 0 aliphatic carbocycles. The van der Waals surface area contributed by atoms with Crippen molar-refractivity contribution in [1.29, 1.82) is 0 Å². The third-order valence-electron chi connectivity index (χ3n) is 2.99. The third kappa shape index (κ3) is 3.12. The molecule has 0 bridgehead atoms. The summed E-state index contributed by atoms with van der Waals surface area (Å²) >= 11 is 5.94. The van der Waals surface area contributed by atoms with Crippen LogP contribution < -0.4 is 5.32 Å². The Bertz CT molecular complexity index is 505. The highest BCUT2D eigenvalue weighted by atomic mass is 35.5. The molecule has 1 atom stereocenters. The topological polar surface area (TPSA) is 12.0 Å². The molecule has 0 aromatic heterocycles. The Morgan fingerprint density at radius 1 is 1.06 bits per heavy atom. The molecular weight excluding hydrogens is 242 g/mol. The molecule has 94 valence electrons. The Morgan fingerprint density at radius 2 is 1.78 bits per heavy atom. The van der Waals surface area contributed by atoms with Crippen LogP contribution in [0.25, 0.3) is 0 Å². The van der Waals surface area contributed by atoms with Crippen LogP contribution in [0.5, 0.6) is 0 Å². The van der Waals surface area contributed by atoms with E-state index in [9.17, 15) is 0 Å². The van der Waals surface area contributed by atoms with Crippen molar-refractivity contribution in [2.75, 3.05) is 6.54 Å². The summed E-state index contributed by atoms with van der Waals surface area (Å²) in [4.78, 5) is 0. The van der Waals surface area contributed by atoms with Gasteiger partial charge in [0.15, 0.2) is 0 Å². The van der Waals surface area contributed by atoms with Crippen LogP contribution in [-0.2, 0) is 0 Å². The van der Waals surface area contributed by atoms with Crippen molar-refractivity contribution in [3.05, 3.63) is 70.2 Å². The molecule has 0 aliphatic rings. The van der Waals surface area contributed by atoms with Crippen molar-refractivity contribution in [3.63, 3.8) is 0 Å². The Morgan fingerprint density at radius 3 is 2.39 bits per heavy atom. The maximum atomic E-state index is 5.94. The van der Waals surface area contributed by atoms with Gasteiger partial charge in [0.2, 0.25) is 0 Å². The predicted molar refractivity (Wildman–Crippen MR) is 78.2 cm³/mol. The van der Waals surface area contributed by atoms with Crippen molar-refractivity contribution in [1.82, 2.24) is 5.32 Å². The molecule has 0 saturated heterocycles. The highest BCUT2D eigenvalue weighted by Gasteiger charge is 2.12. The first-order valence-corrected chi connectivity index (χ1v) is 6.64. The van der Waals surface area contributed by atoms with Crippen molar-refractivity contribution >= 4 is 11.6 Å². The highest BCUT2D eigenvalue weighted by molar-refractivity contribution is 6.30. The minimum absolute atomic E-state index is 0.229. The molecule has 2 rings (SSSR count). The maximum absolute atomic E-state index is 5.94. The molecule has 0 amide bonds. The first-order valence-electron chi connectivity index (χ1n) is 6.26. The van der Waals surface area contributed by atoms with E-state index in [4.69, 9.17) is 11.6 Å².